The molecule has 2 aromatic carbocycles. The Morgan fingerprint density at radius 1 is 0.475 bits per heavy atom. The fraction of sp³-hybridized carbons (Fsp3) is 0.444. The summed E-state index contributed by atoms with van der Waals surface area (Å²) in [5.74, 6) is 12.7. The molecule has 3 rings (SSSR count). The standard InChI is InChI=1S/C36H46N4/c1-5-9-25-39(26-10-6-2)35-21-15-31(16-22-35)13-19-33-29-38-34(30-37-33)20-14-32-17-23-36(24-18-32)40(27-11-7-3)28-12-8-4/h15-18,21-24,29-30H,5-12,25-28H2,1-4H3. The highest BCUT2D eigenvalue weighted by Crippen LogP contribution is 2.18. The highest BCUT2D eigenvalue weighted by Gasteiger charge is 2.06. The van der Waals surface area contributed by atoms with E-state index >= 15 is 0 Å². The lowest BCUT2D eigenvalue weighted by Gasteiger charge is -2.24. The largest absolute Gasteiger partial charge is 0.372 e. The van der Waals surface area contributed by atoms with E-state index < -0.39 is 0 Å². The predicted octanol–water partition coefficient (Wildman–Crippen LogP) is 8.09. The van der Waals surface area contributed by atoms with E-state index in [1.807, 2.05) is 0 Å². The van der Waals surface area contributed by atoms with E-state index in [-0.39, 0.29) is 0 Å². The van der Waals surface area contributed by atoms with Gasteiger partial charge in [-0.05, 0) is 86.1 Å². The van der Waals surface area contributed by atoms with Gasteiger partial charge in [0.05, 0.1) is 12.4 Å². The molecule has 0 bridgehead atoms. The molecule has 0 amide bonds. The second-order valence-corrected chi connectivity index (χ2v) is 10.3. The summed E-state index contributed by atoms with van der Waals surface area (Å²) in [6.07, 6.45) is 13.1. The van der Waals surface area contributed by atoms with Gasteiger partial charge < -0.3 is 9.80 Å². The zero-order valence-electron chi connectivity index (χ0n) is 25.0. The highest BCUT2D eigenvalue weighted by molar-refractivity contribution is 5.52. The van der Waals surface area contributed by atoms with Gasteiger partial charge in [-0.15, -0.1) is 0 Å². The van der Waals surface area contributed by atoms with Crippen LogP contribution in [0.15, 0.2) is 60.9 Å². The highest BCUT2D eigenvalue weighted by atomic mass is 15.1. The molecular weight excluding hydrogens is 488 g/mol. The fourth-order valence-corrected chi connectivity index (χ4v) is 4.38. The molecule has 1 aromatic heterocycles. The van der Waals surface area contributed by atoms with Crippen molar-refractivity contribution in [2.24, 2.45) is 0 Å². The van der Waals surface area contributed by atoms with Crippen molar-refractivity contribution in [2.75, 3.05) is 36.0 Å². The van der Waals surface area contributed by atoms with Crippen LogP contribution in [0.1, 0.15) is 102 Å². The number of benzene rings is 2. The number of unbranched alkanes of at least 4 members (excludes halogenated alkanes) is 4. The molecule has 0 N–H and O–H groups in total. The van der Waals surface area contributed by atoms with Gasteiger partial charge in [-0.1, -0.05) is 65.2 Å². The molecule has 0 spiro atoms. The molecule has 0 saturated heterocycles. The Bertz CT molecular complexity index is 1120. The molecule has 4 nitrogen and oxygen atoms in total. The quantitative estimate of drug-likeness (QED) is 0.196. The second kappa shape index (κ2) is 17.8. The number of aromatic nitrogens is 2. The van der Waals surface area contributed by atoms with Gasteiger partial charge >= 0.3 is 0 Å². The maximum Gasteiger partial charge on any atom is 0.131 e. The Kier molecular flexibility index (Phi) is 13.7. The molecule has 0 fully saturated rings. The third kappa shape index (κ3) is 10.4. The van der Waals surface area contributed by atoms with Gasteiger partial charge in [0.25, 0.3) is 0 Å². The zero-order chi connectivity index (χ0) is 28.4. The average Bonchev–Trinajstić information content (AvgIpc) is 3.00. The molecule has 210 valence electrons. The van der Waals surface area contributed by atoms with Crippen LogP contribution in [0.4, 0.5) is 11.4 Å². The van der Waals surface area contributed by atoms with Crippen molar-refractivity contribution < 1.29 is 0 Å². The molecule has 0 aliphatic rings. The van der Waals surface area contributed by atoms with E-state index in [9.17, 15) is 0 Å². The molecule has 4 heteroatoms. The topological polar surface area (TPSA) is 32.3 Å². The molecule has 0 atom stereocenters. The number of rotatable bonds is 14. The monoisotopic (exact) mass is 534 g/mol. The fourth-order valence-electron chi connectivity index (χ4n) is 4.38. The first-order chi connectivity index (χ1) is 19.7. The first-order valence-corrected chi connectivity index (χ1v) is 15.2. The van der Waals surface area contributed by atoms with E-state index in [2.05, 4.69) is 120 Å². The Morgan fingerprint density at radius 3 is 1.07 bits per heavy atom. The summed E-state index contributed by atoms with van der Waals surface area (Å²) in [6.45, 7) is 13.4. The zero-order valence-corrected chi connectivity index (χ0v) is 25.0. The molecule has 0 aliphatic heterocycles. The van der Waals surface area contributed by atoms with Crippen LogP contribution >= 0.6 is 0 Å². The van der Waals surface area contributed by atoms with Crippen molar-refractivity contribution in [3.63, 3.8) is 0 Å². The van der Waals surface area contributed by atoms with Crippen molar-refractivity contribution in [3.05, 3.63) is 83.4 Å². The Morgan fingerprint density at radius 2 is 0.800 bits per heavy atom. The van der Waals surface area contributed by atoms with E-state index in [1.54, 1.807) is 12.4 Å². The van der Waals surface area contributed by atoms with Gasteiger partial charge in [-0.25, -0.2) is 9.97 Å². The number of nitrogens with zero attached hydrogens (tertiary/aromatic N) is 4. The van der Waals surface area contributed by atoms with Crippen LogP contribution in [-0.4, -0.2) is 36.1 Å². The van der Waals surface area contributed by atoms with Crippen molar-refractivity contribution in [1.82, 2.24) is 9.97 Å². The Balaban J connectivity index is 1.60. The molecule has 0 unspecified atom stereocenters. The minimum Gasteiger partial charge on any atom is -0.372 e. The molecule has 0 radical (unpaired) electrons. The van der Waals surface area contributed by atoms with E-state index in [1.165, 1.54) is 62.7 Å². The molecular formula is C36H46N4. The lowest BCUT2D eigenvalue weighted by atomic mass is 10.1. The third-order valence-electron chi connectivity index (χ3n) is 6.91. The summed E-state index contributed by atoms with van der Waals surface area (Å²) in [4.78, 5) is 13.9. The van der Waals surface area contributed by atoms with Gasteiger partial charge in [0.2, 0.25) is 0 Å². The van der Waals surface area contributed by atoms with Crippen LogP contribution in [0, 0.1) is 23.7 Å². The van der Waals surface area contributed by atoms with Crippen LogP contribution in [0.25, 0.3) is 0 Å². The number of hydrogen-bond acceptors (Lipinski definition) is 4. The minimum atomic E-state index is 0.644. The molecule has 40 heavy (non-hydrogen) atoms. The molecule has 3 aromatic rings. The summed E-state index contributed by atoms with van der Waals surface area (Å²) in [6, 6.07) is 17.1. The SMILES string of the molecule is CCCCN(CCCC)c1ccc(C#Cc2cnc(C#Cc3ccc(N(CCCC)CCCC)cc3)cn2)cc1. The lowest BCUT2D eigenvalue weighted by Crippen LogP contribution is -2.25. The maximum atomic E-state index is 4.46. The van der Waals surface area contributed by atoms with Gasteiger partial charge in [0, 0.05) is 48.7 Å². The number of hydrogen-bond donors (Lipinski definition) is 0. The van der Waals surface area contributed by atoms with Crippen LogP contribution in [-0.2, 0) is 0 Å². The van der Waals surface area contributed by atoms with E-state index in [0.717, 1.165) is 37.3 Å². The molecule has 0 saturated carbocycles. The average molecular weight is 535 g/mol. The minimum absolute atomic E-state index is 0.644. The van der Waals surface area contributed by atoms with E-state index in [0.29, 0.717) is 11.4 Å². The third-order valence-corrected chi connectivity index (χ3v) is 6.91. The normalized spacial score (nSPS) is 10.3. The lowest BCUT2D eigenvalue weighted by molar-refractivity contribution is 0.678. The van der Waals surface area contributed by atoms with Gasteiger partial charge in [-0.3, -0.25) is 0 Å². The van der Waals surface area contributed by atoms with Crippen molar-refractivity contribution in [3.8, 4) is 23.7 Å². The summed E-state index contributed by atoms with van der Waals surface area (Å²) in [7, 11) is 0. The van der Waals surface area contributed by atoms with Crippen molar-refractivity contribution in [2.45, 2.75) is 79.1 Å². The van der Waals surface area contributed by atoms with Crippen LogP contribution in [0.5, 0.6) is 0 Å². The van der Waals surface area contributed by atoms with Crippen molar-refractivity contribution in [1.29, 1.82) is 0 Å². The second-order valence-electron chi connectivity index (χ2n) is 10.3. The van der Waals surface area contributed by atoms with Gasteiger partial charge in [-0.2, -0.15) is 0 Å². The van der Waals surface area contributed by atoms with Crippen LogP contribution in [0.2, 0.25) is 0 Å². The van der Waals surface area contributed by atoms with E-state index in [4.69, 9.17) is 0 Å². The maximum absolute atomic E-state index is 4.46. The predicted molar refractivity (Wildman–Crippen MR) is 171 cm³/mol. The van der Waals surface area contributed by atoms with Gasteiger partial charge in [0.15, 0.2) is 0 Å². The van der Waals surface area contributed by atoms with Crippen LogP contribution < -0.4 is 9.80 Å². The summed E-state index contributed by atoms with van der Waals surface area (Å²) in [5, 5.41) is 0. The van der Waals surface area contributed by atoms with Crippen molar-refractivity contribution >= 4 is 11.4 Å². The summed E-state index contributed by atoms with van der Waals surface area (Å²) in [5.41, 5.74) is 5.79. The Labute approximate surface area is 243 Å². The summed E-state index contributed by atoms with van der Waals surface area (Å²) >= 11 is 0. The Hall–Kier alpha value is -3.76. The number of anilines is 2. The summed E-state index contributed by atoms with van der Waals surface area (Å²) < 4.78 is 0. The first kappa shape index (κ1) is 30.8. The smallest absolute Gasteiger partial charge is 0.131 e. The molecule has 1 heterocycles. The first-order valence-electron chi connectivity index (χ1n) is 15.2. The van der Waals surface area contributed by atoms with Crippen LogP contribution in [0.3, 0.4) is 0 Å². The van der Waals surface area contributed by atoms with Gasteiger partial charge in [0.1, 0.15) is 11.4 Å². The molecule has 0 aliphatic carbocycles.